The predicted molar refractivity (Wildman–Crippen MR) is 56.2 cm³/mol. The summed E-state index contributed by atoms with van der Waals surface area (Å²) in [5.74, 6) is -0.639. The molecule has 0 radical (unpaired) electrons. The maximum absolute atomic E-state index is 11.1. The van der Waals surface area contributed by atoms with E-state index >= 15 is 0 Å². The van der Waals surface area contributed by atoms with Crippen molar-refractivity contribution in [3.63, 3.8) is 0 Å². The maximum atomic E-state index is 11.1. The molecule has 0 heterocycles. The van der Waals surface area contributed by atoms with E-state index in [0.29, 0.717) is 25.9 Å². The first-order valence-corrected chi connectivity index (χ1v) is 5.05. The molecule has 0 saturated heterocycles. The molecule has 0 N–H and O–H groups in total. The molecule has 0 aromatic carbocycles. The highest BCUT2D eigenvalue weighted by atomic mass is 16.5. The van der Waals surface area contributed by atoms with E-state index in [2.05, 4.69) is 6.58 Å². The summed E-state index contributed by atoms with van der Waals surface area (Å²) in [4.78, 5) is 21.7. The Bertz CT molecular complexity index is 221. The Balaban J connectivity index is 3.34. The molecule has 0 unspecified atom stereocenters. The van der Waals surface area contributed by atoms with Crippen LogP contribution in [0, 0.1) is 0 Å². The van der Waals surface area contributed by atoms with Crippen molar-refractivity contribution in [1.82, 2.24) is 0 Å². The summed E-state index contributed by atoms with van der Waals surface area (Å²) in [5.41, 5.74) is 0. The van der Waals surface area contributed by atoms with E-state index in [0.717, 1.165) is 6.08 Å². The van der Waals surface area contributed by atoms with Gasteiger partial charge in [0.2, 0.25) is 0 Å². The highest BCUT2D eigenvalue weighted by Crippen LogP contribution is 2.00. The summed E-state index contributed by atoms with van der Waals surface area (Å²) in [6.45, 7) is 7.21. The van der Waals surface area contributed by atoms with Crippen LogP contribution < -0.4 is 0 Å². The van der Waals surface area contributed by atoms with Crippen LogP contribution in [0.5, 0.6) is 0 Å². The fourth-order valence-corrected chi connectivity index (χ4v) is 0.925. The summed E-state index contributed by atoms with van der Waals surface area (Å²) < 4.78 is 9.68. The van der Waals surface area contributed by atoms with E-state index in [1.807, 2.05) is 13.8 Å². The van der Waals surface area contributed by atoms with Gasteiger partial charge in [0.15, 0.2) is 0 Å². The van der Waals surface area contributed by atoms with Crippen LogP contribution in [0.4, 0.5) is 0 Å². The van der Waals surface area contributed by atoms with Crippen LogP contribution in [0.1, 0.15) is 33.1 Å². The fourth-order valence-electron chi connectivity index (χ4n) is 0.925. The summed E-state index contributed by atoms with van der Waals surface area (Å²) in [6.07, 6.45) is 2.73. The SMILES string of the molecule is C=CC(=O)OCCCCC(=O)OC(C)C. The number of carbonyl (C=O) groups is 2. The van der Waals surface area contributed by atoms with Gasteiger partial charge in [0.1, 0.15) is 0 Å². The Morgan fingerprint density at radius 1 is 1.33 bits per heavy atom. The molecular weight excluding hydrogens is 196 g/mol. The first kappa shape index (κ1) is 13.7. The maximum Gasteiger partial charge on any atom is 0.330 e. The molecule has 0 atom stereocenters. The summed E-state index contributed by atoms with van der Waals surface area (Å²) >= 11 is 0. The summed E-state index contributed by atoms with van der Waals surface area (Å²) in [6, 6.07) is 0. The molecule has 4 heteroatoms. The third-order valence-electron chi connectivity index (χ3n) is 1.55. The molecular formula is C11H18O4. The molecule has 0 aromatic rings. The average molecular weight is 214 g/mol. The highest BCUT2D eigenvalue weighted by molar-refractivity contribution is 5.81. The monoisotopic (exact) mass is 214 g/mol. The Kier molecular flexibility index (Phi) is 7.32. The van der Waals surface area contributed by atoms with Crippen LogP contribution in [-0.2, 0) is 19.1 Å². The van der Waals surface area contributed by atoms with Crippen molar-refractivity contribution in [2.45, 2.75) is 39.2 Å². The van der Waals surface area contributed by atoms with Crippen LogP contribution >= 0.6 is 0 Å². The quantitative estimate of drug-likeness (QED) is 0.368. The van der Waals surface area contributed by atoms with Crippen molar-refractivity contribution in [1.29, 1.82) is 0 Å². The topological polar surface area (TPSA) is 52.6 Å². The first-order valence-electron chi connectivity index (χ1n) is 5.05. The molecule has 4 nitrogen and oxygen atoms in total. The molecule has 0 aliphatic carbocycles. The zero-order valence-corrected chi connectivity index (χ0v) is 9.32. The zero-order chi connectivity index (χ0) is 11.7. The molecule has 15 heavy (non-hydrogen) atoms. The van der Waals surface area contributed by atoms with Gasteiger partial charge in [0.25, 0.3) is 0 Å². The Morgan fingerprint density at radius 2 is 2.00 bits per heavy atom. The lowest BCUT2D eigenvalue weighted by molar-refractivity contribution is -0.147. The minimum Gasteiger partial charge on any atom is -0.463 e. The summed E-state index contributed by atoms with van der Waals surface area (Å²) in [7, 11) is 0. The van der Waals surface area contributed by atoms with E-state index < -0.39 is 5.97 Å². The van der Waals surface area contributed by atoms with Crippen LogP contribution in [0.3, 0.4) is 0 Å². The molecule has 0 aliphatic rings. The largest absolute Gasteiger partial charge is 0.463 e. The van der Waals surface area contributed by atoms with Crippen LogP contribution in [0.25, 0.3) is 0 Å². The van der Waals surface area contributed by atoms with Crippen LogP contribution in [-0.4, -0.2) is 24.6 Å². The molecule has 0 aromatic heterocycles. The van der Waals surface area contributed by atoms with Gasteiger partial charge in [-0.25, -0.2) is 4.79 Å². The van der Waals surface area contributed by atoms with E-state index in [4.69, 9.17) is 9.47 Å². The molecule has 0 saturated carbocycles. The Hall–Kier alpha value is -1.32. The molecule has 0 spiro atoms. The highest BCUT2D eigenvalue weighted by Gasteiger charge is 2.04. The minimum atomic E-state index is -0.431. The van der Waals surface area contributed by atoms with Crippen molar-refractivity contribution in [2.75, 3.05) is 6.61 Å². The van der Waals surface area contributed by atoms with Crippen molar-refractivity contribution >= 4 is 11.9 Å². The smallest absolute Gasteiger partial charge is 0.330 e. The number of hydrogen-bond acceptors (Lipinski definition) is 4. The predicted octanol–water partition coefficient (Wildman–Crippen LogP) is 1.84. The van der Waals surface area contributed by atoms with Gasteiger partial charge in [-0.1, -0.05) is 6.58 Å². The van der Waals surface area contributed by atoms with Gasteiger partial charge in [0.05, 0.1) is 12.7 Å². The van der Waals surface area contributed by atoms with Crippen LogP contribution in [0.15, 0.2) is 12.7 Å². The number of unbranched alkanes of at least 4 members (excludes halogenated alkanes) is 1. The number of carbonyl (C=O) groups excluding carboxylic acids is 2. The fraction of sp³-hybridized carbons (Fsp3) is 0.636. The second-order valence-corrected chi connectivity index (χ2v) is 3.37. The molecule has 0 amide bonds. The molecule has 0 aliphatic heterocycles. The van der Waals surface area contributed by atoms with E-state index in [-0.39, 0.29) is 12.1 Å². The Morgan fingerprint density at radius 3 is 2.53 bits per heavy atom. The zero-order valence-electron chi connectivity index (χ0n) is 9.32. The van der Waals surface area contributed by atoms with Crippen molar-refractivity contribution in [3.8, 4) is 0 Å². The van der Waals surface area contributed by atoms with Gasteiger partial charge in [-0.2, -0.15) is 0 Å². The third kappa shape index (κ3) is 9.00. The van der Waals surface area contributed by atoms with Gasteiger partial charge in [-0.05, 0) is 26.7 Å². The number of ether oxygens (including phenoxy) is 2. The standard InChI is InChI=1S/C11H18O4/c1-4-10(12)14-8-6-5-7-11(13)15-9(2)3/h4,9H,1,5-8H2,2-3H3. The van der Waals surface area contributed by atoms with Gasteiger partial charge in [0, 0.05) is 12.5 Å². The number of esters is 2. The van der Waals surface area contributed by atoms with E-state index in [1.165, 1.54) is 0 Å². The lowest BCUT2D eigenvalue weighted by Gasteiger charge is -2.07. The second-order valence-electron chi connectivity index (χ2n) is 3.37. The number of rotatable bonds is 7. The van der Waals surface area contributed by atoms with E-state index in [1.54, 1.807) is 0 Å². The minimum absolute atomic E-state index is 0.0731. The molecule has 0 bridgehead atoms. The van der Waals surface area contributed by atoms with Crippen LogP contribution in [0.2, 0.25) is 0 Å². The van der Waals surface area contributed by atoms with E-state index in [9.17, 15) is 9.59 Å². The average Bonchev–Trinajstić information content (AvgIpc) is 2.15. The third-order valence-corrected chi connectivity index (χ3v) is 1.55. The lowest BCUT2D eigenvalue weighted by atomic mass is 10.2. The molecule has 86 valence electrons. The van der Waals surface area contributed by atoms with Crippen molar-refractivity contribution in [2.24, 2.45) is 0 Å². The summed E-state index contributed by atoms with van der Waals surface area (Å²) in [5, 5.41) is 0. The Labute approximate surface area is 90.2 Å². The van der Waals surface area contributed by atoms with Gasteiger partial charge >= 0.3 is 11.9 Å². The first-order chi connectivity index (χ1) is 7.06. The van der Waals surface area contributed by atoms with Crippen molar-refractivity contribution in [3.05, 3.63) is 12.7 Å². The van der Waals surface area contributed by atoms with Crippen molar-refractivity contribution < 1.29 is 19.1 Å². The van der Waals surface area contributed by atoms with Gasteiger partial charge < -0.3 is 9.47 Å². The second kappa shape index (κ2) is 8.03. The van der Waals surface area contributed by atoms with Gasteiger partial charge in [-0.15, -0.1) is 0 Å². The normalized spacial score (nSPS) is 9.80. The molecule has 0 rings (SSSR count). The lowest BCUT2D eigenvalue weighted by Crippen LogP contribution is -2.11. The number of hydrogen-bond donors (Lipinski definition) is 0. The molecule has 0 fully saturated rings. The van der Waals surface area contributed by atoms with Gasteiger partial charge in [-0.3, -0.25) is 4.79 Å².